The Bertz CT molecular complexity index is 197. The highest BCUT2D eigenvalue weighted by atomic mass is 16.2. The van der Waals surface area contributed by atoms with E-state index in [0.29, 0.717) is 0 Å². The molecule has 0 heterocycles. The Balaban J connectivity index is 4.42. The van der Waals surface area contributed by atoms with Gasteiger partial charge in [-0.3, -0.25) is 4.58 Å². The topological polar surface area (TPSA) is 23.3 Å². The maximum absolute atomic E-state index is 11.6. The SMILES string of the molecule is CN(C=[N+](C)C)C(=O)C(C)(C)C. The average molecular weight is 171 g/mol. The molecule has 0 bridgehead atoms. The minimum absolute atomic E-state index is 0.121. The third-order valence-electron chi connectivity index (χ3n) is 1.37. The summed E-state index contributed by atoms with van der Waals surface area (Å²) in [5.74, 6) is 0.121. The van der Waals surface area contributed by atoms with Crippen LogP contribution in [0.3, 0.4) is 0 Å². The van der Waals surface area contributed by atoms with Crippen LogP contribution in [0.4, 0.5) is 0 Å². The lowest BCUT2D eigenvalue weighted by Gasteiger charge is -2.17. The zero-order chi connectivity index (χ0) is 9.94. The van der Waals surface area contributed by atoms with Crippen LogP contribution >= 0.6 is 0 Å². The third-order valence-corrected chi connectivity index (χ3v) is 1.37. The molecule has 0 aromatic carbocycles. The number of carbonyl (C=O) groups is 1. The molecule has 1 amide bonds. The normalized spacial score (nSPS) is 10.8. The van der Waals surface area contributed by atoms with Crippen LogP contribution in [0.5, 0.6) is 0 Å². The molecule has 0 aromatic rings. The number of hydrogen-bond donors (Lipinski definition) is 0. The van der Waals surface area contributed by atoms with E-state index in [0.717, 1.165) is 0 Å². The molecule has 0 aromatic heterocycles. The molecule has 0 N–H and O–H groups in total. The second-order valence-electron chi connectivity index (χ2n) is 4.25. The molecule has 0 aliphatic rings. The van der Waals surface area contributed by atoms with Gasteiger partial charge in [0.05, 0.1) is 26.6 Å². The molecule has 12 heavy (non-hydrogen) atoms. The Kier molecular flexibility index (Phi) is 3.43. The van der Waals surface area contributed by atoms with Crippen molar-refractivity contribution in [1.29, 1.82) is 0 Å². The van der Waals surface area contributed by atoms with Crippen molar-refractivity contribution in [3.63, 3.8) is 0 Å². The van der Waals surface area contributed by atoms with Crippen molar-refractivity contribution >= 4 is 12.2 Å². The van der Waals surface area contributed by atoms with Gasteiger partial charge in [-0.15, -0.1) is 0 Å². The van der Waals surface area contributed by atoms with Crippen molar-refractivity contribution in [2.24, 2.45) is 5.41 Å². The van der Waals surface area contributed by atoms with Crippen LogP contribution in [0.15, 0.2) is 0 Å². The van der Waals surface area contributed by atoms with Crippen LogP contribution in [0.1, 0.15) is 20.8 Å². The van der Waals surface area contributed by atoms with Gasteiger partial charge >= 0.3 is 5.91 Å². The van der Waals surface area contributed by atoms with E-state index in [2.05, 4.69) is 0 Å². The summed E-state index contributed by atoms with van der Waals surface area (Å²) in [6, 6.07) is 0. The largest absolute Gasteiger partial charge is 0.314 e. The summed E-state index contributed by atoms with van der Waals surface area (Å²) in [6.07, 6.45) is 1.77. The standard InChI is InChI=1S/C9H19N2O/c1-9(2,3)8(12)11(6)7-10(4)5/h7H,1-6H3/q+1. The number of rotatable bonds is 1. The predicted octanol–water partition coefficient (Wildman–Crippen LogP) is 0.791. The predicted molar refractivity (Wildman–Crippen MR) is 50.4 cm³/mol. The molecule has 70 valence electrons. The molecule has 3 heteroatoms. The fourth-order valence-electron chi connectivity index (χ4n) is 0.928. The summed E-state index contributed by atoms with van der Waals surface area (Å²) in [5, 5.41) is 0. The zero-order valence-corrected chi connectivity index (χ0v) is 8.88. The minimum Gasteiger partial charge on any atom is -0.273 e. The fraction of sp³-hybridized carbons (Fsp3) is 0.778. The van der Waals surface area contributed by atoms with Gasteiger partial charge in [-0.2, -0.15) is 0 Å². The first-order valence-electron chi connectivity index (χ1n) is 4.04. The molecule has 0 saturated heterocycles. The summed E-state index contributed by atoms with van der Waals surface area (Å²) in [5.41, 5.74) is -0.304. The zero-order valence-electron chi connectivity index (χ0n) is 8.88. The van der Waals surface area contributed by atoms with E-state index in [4.69, 9.17) is 0 Å². The molecule has 0 atom stereocenters. The van der Waals surface area contributed by atoms with Crippen molar-refractivity contribution < 1.29 is 9.37 Å². The molecule has 0 spiro atoms. The summed E-state index contributed by atoms with van der Waals surface area (Å²) in [6.45, 7) is 5.74. The maximum Gasteiger partial charge on any atom is 0.314 e. The lowest BCUT2D eigenvalue weighted by atomic mass is 9.95. The quantitative estimate of drug-likeness (QED) is 0.325. The second kappa shape index (κ2) is 3.70. The van der Waals surface area contributed by atoms with Gasteiger partial charge in [0.1, 0.15) is 0 Å². The van der Waals surface area contributed by atoms with E-state index >= 15 is 0 Å². The number of amides is 1. The van der Waals surface area contributed by atoms with Crippen LogP contribution in [0.25, 0.3) is 0 Å². The molecule has 0 unspecified atom stereocenters. The van der Waals surface area contributed by atoms with Crippen molar-refractivity contribution in [1.82, 2.24) is 4.90 Å². The van der Waals surface area contributed by atoms with Crippen molar-refractivity contribution in [3.05, 3.63) is 0 Å². The highest BCUT2D eigenvalue weighted by Crippen LogP contribution is 2.15. The van der Waals surface area contributed by atoms with Crippen LogP contribution < -0.4 is 0 Å². The van der Waals surface area contributed by atoms with E-state index in [1.54, 1.807) is 18.3 Å². The fourth-order valence-corrected chi connectivity index (χ4v) is 0.928. The molecule has 0 saturated carbocycles. The highest BCUT2D eigenvalue weighted by Gasteiger charge is 2.28. The third kappa shape index (κ3) is 3.51. The van der Waals surface area contributed by atoms with Gasteiger partial charge in [-0.25, -0.2) is 9.69 Å². The van der Waals surface area contributed by atoms with E-state index in [1.165, 1.54) is 0 Å². The summed E-state index contributed by atoms with van der Waals surface area (Å²) in [4.78, 5) is 13.2. The van der Waals surface area contributed by atoms with Crippen molar-refractivity contribution in [2.45, 2.75) is 20.8 Å². The molecule has 0 rings (SSSR count). The first-order chi connectivity index (χ1) is 5.25. The van der Waals surface area contributed by atoms with Crippen molar-refractivity contribution in [3.8, 4) is 0 Å². The minimum atomic E-state index is -0.304. The average Bonchev–Trinajstić information content (AvgIpc) is 1.82. The first kappa shape index (κ1) is 11.1. The summed E-state index contributed by atoms with van der Waals surface area (Å²) >= 11 is 0. The van der Waals surface area contributed by atoms with Crippen LogP contribution in [0.2, 0.25) is 0 Å². The first-order valence-corrected chi connectivity index (χ1v) is 4.04. The van der Waals surface area contributed by atoms with Crippen molar-refractivity contribution in [2.75, 3.05) is 21.1 Å². The monoisotopic (exact) mass is 171 g/mol. The molecule has 3 nitrogen and oxygen atoms in total. The lowest BCUT2D eigenvalue weighted by molar-refractivity contribution is -0.463. The van der Waals surface area contributed by atoms with Gasteiger partial charge < -0.3 is 0 Å². The van der Waals surface area contributed by atoms with Crippen LogP contribution in [0, 0.1) is 5.41 Å². The summed E-state index contributed by atoms with van der Waals surface area (Å²) in [7, 11) is 5.56. The van der Waals surface area contributed by atoms with Crippen LogP contribution in [-0.2, 0) is 4.79 Å². The summed E-state index contributed by atoms with van der Waals surface area (Å²) < 4.78 is 1.85. The molecule has 0 radical (unpaired) electrons. The van der Waals surface area contributed by atoms with Gasteiger partial charge in [-0.05, 0) is 20.8 Å². The van der Waals surface area contributed by atoms with E-state index in [9.17, 15) is 4.79 Å². The van der Waals surface area contributed by atoms with Gasteiger partial charge in [0, 0.05) is 0 Å². The van der Waals surface area contributed by atoms with Gasteiger partial charge in [0.2, 0.25) is 6.34 Å². The van der Waals surface area contributed by atoms with Gasteiger partial charge in [0.25, 0.3) is 0 Å². The highest BCUT2D eigenvalue weighted by molar-refractivity contribution is 5.89. The maximum atomic E-state index is 11.6. The number of nitrogens with zero attached hydrogens (tertiary/aromatic N) is 2. The van der Waals surface area contributed by atoms with Gasteiger partial charge in [-0.1, -0.05) is 0 Å². The second-order valence-corrected chi connectivity index (χ2v) is 4.25. The number of carbonyl (C=O) groups excluding carboxylic acids is 1. The smallest absolute Gasteiger partial charge is 0.273 e. The Labute approximate surface area is 74.7 Å². The van der Waals surface area contributed by atoms with E-state index in [1.807, 2.05) is 39.4 Å². The van der Waals surface area contributed by atoms with E-state index in [-0.39, 0.29) is 11.3 Å². The molecule has 0 aliphatic heterocycles. The Morgan fingerprint density at radius 3 is 2.00 bits per heavy atom. The Morgan fingerprint density at radius 2 is 1.75 bits per heavy atom. The lowest BCUT2D eigenvalue weighted by Crippen LogP contribution is -2.37. The molecule has 0 fully saturated rings. The Hall–Kier alpha value is -0.860. The molecular formula is C9H19N2O+. The van der Waals surface area contributed by atoms with E-state index < -0.39 is 0 Å². The van der Waals surface area contributed by atoms with Crippen LogP contribution in [-0.4, -0.2) is 42.9 Å². The number of hydrogen-bond acceptors (Lipinski definition) is 1. The Morgan fingerprint density at radius 1 is 1.33 bits per heavy atom. The molecular weight excluding hydrogens is 152 g/mol. The molecule has 0 aliphatic carbocycles. The van der Waals surface area contributed by atoms with Gasteiger partial charge in [0.15, 0.2) is 0 Å².